The summed E-state index contributed by atoms with van der Waals surface area (Å²) in [6.45, 7) is 36.9. The van der Waals surface area contributed by atoms with Gasteiger partial charge in [-0.2, -0.15) is 8.78 Å². The molecule has 0 aliphatic carbocycles. The first-order valence-corrected chi connectivity index (χ1v) is 15.3. The van der Waals surface area contributed by atoms with E-state index in [-0.39, 0.29) is 17.4 Å². The molecule has 0 amide bonds. The molecular weight excluding hydrogens is 490 g/mol. The van der Waals surface area contributed by atoms with Crippen molar-refractivity contribution in [1.29, 1.82) is 0 Å². The van der Waals surface area contributed by atoms with Gasteiger partial charge in [0.2, 0.25) is 11.7 Å². The topological polar surface area (TPSA) is 18.5 Å². The fraction of sp³-hybridized carbons (Fsp3) is 0.714. The van der Waals surface area contributed by atoms with Crippen LogP contribution in [0.1, 0.15) is 127 Å². The fourth-order valence-corrected chi connectivity index (χ4v) is 2.80. The summed E-state index contributed by atoms with van der Waals surface area (Å²) in [5, 5.41) is 0. The van der Waals surface area contributed by atoms with Crippen molar-refractivity contribution in [2.45, 2.75) is 127 Å². The summed E-state index contributed by atoms with van der Waals surface area (Å²) in [4.78, 5) is 0. The van der Waals surface area contributed by atoms with E-state index < -0.39 is 11.7 Å². The van der Waals surface area contributed by atoms with Crippen molar-refractivity contribution < 1.29 is 18.3 Å². The highest BCUT2D eigenvalue weighted by atomic mass is 19.2. The first-order chi connectivity index (χ1) is 18.5. The summed E-state index contributed by atoms with van der Waals surface area (Å²) in [6, 6.07) is 0. The van der Waals surface area contributed by atoms with Crippen LogP contribution in [-0.4, -0.2) is 13.2 Å². The molecule has 0 aliphatic rings. The first-order valence-electron chi connectivity index (χ1n) is 15.3. The van der Waals surface area contributed by atoms with Gasteiger partial charge in [-0.1, -0.05) is 120 Å². The van der Waals surface area contributed by atoms with Crippen LogP contribution in [0.25, 0.3) is 0 Å². The van der Waals surface area contributed by atoms with Gasteiger partial charge in [-0.15, -0.1) is 19.7 Å². The van der Waals surface area contributed by atoms with Gasteiger partial charge in [0.05, 0.1) is 13.2 Å². The van der Waals surface area contributed by atoms with Crippen LogP contribution in [0.15, 0.2) is 62.1 Å². The third kappa shape index (κ3) is 29.0. The van der Waals surface area contributed by atoms with Gasteiger partial charge in [-0.3, -0.25) is 0 Å². The van der Waals surface area contributed by atoms with Crippen molar-refractivity contribution >= 4 is 0 Å². The molecule has 0 heterocycles. The Morgan fingerprint density at radius 3 is 1.46 bits per heavy atom. The highest BCUT2D eigenvalue weighted by Crippen LogP contribution is 2.27. The van der Waals surface area contributed by atoms with Crippen LogP contribution in [0.4, 0.5) is 8.78 Å². The predicted molar refractivity (Wildman–Crippen MR) is 172 cm³/mol. The maximum absolute atomic E-state index is 14.1. The molecule has 0 aromatic rings. The van der Waals surface area contributed by atoms with Crippen LogP contribution < -0.4 is 0 Å². The van der Waals surface area contributed by atoms with Crippen molar-refractivity contribution in [1.82, 2.24) is 0 Å². The average molecular weight is 557 g/mol. The number of hydrogen-bond acceptors (Lipinski definition) is 2. The molecule has 0 saturated heterocycles. The van der Waals surface area contributed by atoms with E-state index in [1.165, 1.54) is 32.1 Å². The van der Waals surface area contributed by atoms with Gasteiger partial charge >= 0.3 is 0 Å². The lowest BCUT2D eigenvalue weighted by Crippen LogP contribution is -2.13. The van der Waals surface area contributed by atoms with E-state index in [0.717, 1.165) is 32.1 Å². The normalized spacial score (nSPS) is 13.7. The minimum Gasteiger partial charge on any atom is -0.491 e. The number of hydrogen-bond donors (Lipinski definition) is 0. The third-order valence-corrected chi connectivity index (χ3v) is 6.56. The molecule has 4 atom stereocenters. The molecule has 39 heavy (non-hydrogen) atoms. The van der Waals surface area contributed by atoms with Gasteiger partial charge in [-0.25, -0.2) is 0 Å². The zero-order valence-electron chi connectivity index (χ0n) is 27.5. The van der Waals surface area contributed by atoms with Gasteiger partial charge in [0, 0.05) is 0 Å². The zero-order valence-corrected chi connectivity index (χ0v) is 27.5. The Morgan fingerprint density at radius 1 is 0.667 bits per heavy atom. The van der Waals surface area contributed by atoms with Crippen LogP contribution in [0.2, 0.25) is 0 Å². The van der Waals surface area contributed by atoms with E-state index in [1.807, 2.05) is 13.0 Å². The zero-order chi connectivity index (χ0) is 31.2. The van der Waals surface area contributed by atoms with Crippen LogP contribution in [0.3, 0.4) is 0 Å². The maximum atomic E-state index is 14.1. The minimum atomic E-state index is -1.14. The summed E-state index contributed by atoms with van der Waals surface area (Å²) in [5.74, 6) is -0.874. The molecule has 4 unspecified atom stereocenters. The second-order valence-corrected chi connectivity index (χ2v) is 10.4. The Morgan fingerprint density at radius 2 is 1.08 bits per heavy atom. The van der Waals surface area contributed by atoms with E-state index in [4.69, 9.17) is 9.47 Å². The van der Waals surface area contributed by atoms with Gasteiger partial charge in [-0.05, 0) is 49.4 Å². The van der Waals surface area contributed by atoms with Crippen molar-refractivity contribution in [2.24, 2.45) is 23.7 Å². The number of allylic oxidation sites excluding steroid dienone is 3. The van der Waals surface area contributed by atoms with Gasteiger partial charge in [0.1, 0.15) is 0 Å². The largest absolute Gasteiger partial charge is 0.491 e. The van der Waals surface area contributed by atoms with Gasteiger partial charge in [0.25, 0.3) is 0 Å². The van der Waals surface area contributed by atoms with Crippen molar-refractivity contribution in [3.63, 3.8) is 0 Å². The second kappa shape index (κ2) is 32.4. The molecule has 2 nitrogen and oxygen atoms in total. The van der Waals surface area contributed by atoms with Crippen LogP contribution in [0, 0.1) is 23.7 Å². The summed E-state index contributed by atoms with van der Waals surface area (Å²) < 4.78 is 38.6. The van der Waals surface area contributed by atoms with E-state index in [1.54, 1.807) is 0 Å². The predicted octanol–water partition coefficient (Wildman–Crippen LogP) is 12.7. The summed E-state index contributed by atoms with van der Waals surface area (Å²) in [6.07, 6.45) is 13.3. The SMILES string of the molecule is C=C.C=CC(C)CCC(C)C(C)CCC(C)COC(=C)/C(F)=C(/F)C(=C)OCCCC.CCCC.CCCC. The number of ether oxygens (including phenoxy) is 2. The summed E-state index contributed by atoms with van der Waals surface area (Å²) in [5.41, 5.74) is 0. The van der Waals surface area contributed by atoms with Gasteiger partial charge < -0.3 is 9.47 Å². The van der Waals surface area contributed by atoms with Crippen molar-refractivity contribution in [2.75, 3.05) is 13.2 Å². The highest BCUT2D eigenvalue weighted by Gasteiger charge is 2.18. The molecule has 0 aromatic heterocycles. The Balaban J connectivity index is -0.000000525. The molecule has 0 rings (SSSR count). The Bertz CT molecular complexity index is 604. The molecule has 0 spiro atoms. The van der Waals surface area contributed by atoms with E-state index in [9.17, 15) is 8.78 Å². The lowest BCUT2D eigenvalue weighted by molar-refractivity contribution is 0.156. The minimum absolute atomic E-state index is 0.230. The maximum Gasteiger partial charge on any atom is 0.203 e. The lowest BCUT2D eigenvalue weighted by atomic mass is 9.84. The van der Waals surface area contributed by atoms with Crippen molar-refractivity contribution in [3.05, 3.63) is 62.1 Å². The Labute approximate surface area is 243 Å². The quantitative estimate of drug-likeness (QED) is 0.0681. The molecule has 0 saturated carbocycles. The van der Waals surface area contributed by atoms with E-state index >= 15 is 0 Å². The Kier molecular flexibility index (Phi) is 36.7. The van der Waals surface area contributed by atoms with Crippen molar-refractivity contribution in [3.8, 4) is 0 Å². The molecule has 0 bridgehead atoms. The number of unbranched alkanes of at least 4 members (excludes halogenated alkanes) is 3. The second-order valence-electron chi connectivity index (χ2n) is 10.4. The molecule has 232 valence electrons. The monoisotopic (exact) mass is 557 g/mol. The summed E-state index contributed by atoms with van der Waals surface area (Å²) >= 11 is 0. The standard InChI is InChI=1S/C25H42F2O2.2C4H10.C2H4/c1-9-11-16-28-22(7)24(26)25(27)23(8)29-17-19(4)13-15-21(6)20(5)14-12-18(3)10-2;2*1-3-4-2;1-2/h10,18-21H,2,7-9,11-17H2,1,3-6H3;2*3-4H2,1-2H3;1-2H2/b25-24-;;;. The fourth-order valence-electron chi connectivity index (χ4n) is 2.80. The third-order valence-electron chi connectivity index (χ3n) is 6.56. The lowest BCUT2D eigenvalue weighted by Gasteiger charge is -2.22. The molecular formula is C35H66F2O2. The molecule has 0 aromatic carbocycles. The van der Waals surface area contributed by atoms with Crippen LogP contribution >= 0.6 is 0 Å². The van der Waals surface area contributed by atoms with Crippen LogP contribution in [0.5, 0.6) is 0 Å². The molecule has 0 N–H and O–H groups in total. The average Bonchev–Trinajstić information content (AvgIpc) is 2.97. The smallest absolute Gasteiger partial charge is 0.203 e. The summed E-state index contributed by atoms with van der Waals surface area (Å²) in [7, 11) is 0. The molecule has 0 fully saturated rings. The van der Waals surface area contributed by atoms with Gasteiger partial charge in [0.15, 0.2) is 11.5 Å². The number of halogens is 2. The molecule has 0 aliphatic heterocycles. The number of rotatable bonds is 19. The Hall–Kier alpha value is -1.84. The van der Waals surface area contributed by atoms with E-state index in [2.05, 4.69) is 88.3 Å². The molecule has 4 heteroatoms. The molecule has 0 radical (unpaired) electrons. The van der Waals surface area contributed by atoms with E-state index in [0.29, 0.717) is 31.0 Å². The highest BCUT2D eigenvalue weighted by molar-refractivity contribution is 5.29. The van der Waals surface area contributed by atoms with Crippen LogP contribution in [-0.2, 0) is 9.47 Å². The first kappa shape index (κ1) is 44.2.